The molecule has 1 N–H and O–H groups in total. The molecule has 0 amide bonds. The van der Waals surface area contributed by atoms with Gasteiger partial charge in [-0.25, -0.2) is 4.39 Å². The number of hydrogen-bond acceptors (Lipinski definition) is 2. The van der Waals surface area contributed by atoms with Gasteiger partial charge in [0.25, 0.3) is 0 Å². The van der Waals surface area contributed by atoms with Gasteiger partial charge in [-0.1, -0.05) is 26.3 Å². The lowest BCUT2D eigenvalue weighted by Crippen LogP contribution is -2.07. The van der Waals surface area contributed by atoms with Gasteiger partial charge in [-0.15, -0.1) is 0 Å². The number of halogens is 1. The molecule has 2 atom stereocenters. The standard InChI is InChI=1S/C13H19FO2/c1-4-9(2)8-11(15)13-10(14)6-5-7-12(13)16-3/h5-7,9,11,15H,4,8H2,1-3H3. The van der Waals surface area contributed by atoms with E-state index in [0.29, 0.717) is 18.1 Å². The van der Waals surface area contributed by atoms with Crippen LogP contribution in [0.25, 0.3) is 0 Å². The summed E-state index contributed by atoms with van der Waals surface area (Å²) in [5.74, 6) is 0.366. The summed E-state index contributed by atoms with van der Waals surface area (Å²) in [6.45, 7) is 4.09. The van der Waals surface area contributed by atoms with E-state index < -0.39 is 11.9 Å². The first kappa shape index (κ1) is 13.0. The molecule has 2 unspecified atom stereocenters. The topological polar surface area (TPSA) is 29.5 Å². The SMILES string of the molecule is CCC(C)CC(O)c1c(F)cccc1OC. The van der Waals surface area contributed by atoms with E-state index in [-0.39, 0.29) is 5.56 Å². The summed E-state index contributed by atoms with van der Waals surface area (Å²) in [5, 5.41) is 9.99. The zero-order valence-electron chi connectivity index (χ0n) is 10.0. The van der Waals surface area contributed by atoms with Crippen LogP contribution in [0.15, 0.2) is 18.2 Å². The maximum Gasteiger partial charge on any atom is 0.132 e. The fourth-order valence-electron chi connectivity index (χ4n) is 1.68. The third kappa shape index (κ3) is 2.95. The first-order valence-electron chi connectivity index (χ1n) is 5.60. The van der Waals surface area contributed by atoms with Crippen molar-refractivity contribution in [1.82, 2.24) is 0 Å². The van der Waals surface area contributed by atoms with E-state index in [9.17, 15) is 9.50 Å². The summed E-state index contributed by atoms with van der Waals surface area (Å²) in [4.78, 5) is 0. The van der Waals surface area contributed by atoms with Gasteiger partial charge in [0.2, 0.25) is 0 Å². The Labute approximate surface area is 96.1 Å². The Morgan fingerprint density at radius 1 is 1.44 bits per heavy atom. The first-order chi connectivity index (χ1) is 7.60. The molecule has 0 bridgehead atoms. The molecule has 1 aromatic carbocycles. The van der Waals surface area contributed by atoms with E-state index in [1.54, 1.807) is 12.1 Å². The van der Waals surface area contributed by atoms with Crippen molar-refractivity contribution >= 4 is 0 Å². The van der Waals surface area contributed by atoms with E-state index in [0.717, 1.165) is 6.42 Å². The maximum atomic E-state index is 13.6. The Balaban J connectivity index is 2.93. The Morgan fingerprint density at radius 3 is 2.69 bits per heavy atom. The Kier molecular flexibility index (Phi) is 4.74. The molecular formula is C13H19FO2. The van der Waals surface area contributed by atoms with Gasteiger partial charge >= 0.3 is 0 Å². The average molecular weight is 226 g/mol. The van der Waals surface area contributed by atoms with Crippen molar-refractivity contribution in [2.75, 3.05) is 7.11 Å². The van der Waals surface area contributed by atoms with Gasteiger partial charge in [-0.3, -0.25) is 0 Å². The normalized spacial score (nSPS) is 14.6. The first-order valence-corrected chi connectivity index (χ1v) is 5.60. The fourth-order valence-corrected chi connectivity index (χ4v) is 1.68. The second-order valence-electron chi connectivity index (χ2n) is 4.12. The van der Waals surface area contributed by atoms with Crippen molar-refractivity contribution < 1.29 is 14.2 Å². The van der Waals surface area contributed by atoms with Crippen molar-refractivity contribution in [3.63, 3.8) is 0 Å². The highest BCUT2D eigenvalue weighted by atomic mass is 19.1. The van der Waals surface area contributed by atoms with Crippen molar-refractivity contribution in [3.8, 4) is 5.75 Å². The minimum atomic E-state index is -0.800. The summed E-state index contributed by atoms with van der Waals surface area (Å²) in [5.41, 5.74) is 0.269. The molecule has 0 aliphatic heterocycles. The number of benzene rings is 1. The largest absolute Gasteiger partial charge is 0.496 e. The highest BCUT2D eigenvalue weighted by Gasteiger charge is 2.19. The highest BCUT2D eigenvalue weighted by Crippen LogP contribution is 2.32. The third-order valence-corrected chi connectivity index (χ3v) is 2.89. The molecule has 2 nitrogen and oxygen atoms in total. The number of methoxy groups -OCH3 is 1. The number of rotatable bonds is 5. The van der Waals surface area contributed by atoms with E-state index >= 15 is 0 Å². The van der Waals surface area contributed by atoms with Crippen molar-refractivity contribution in [1.29, 1.82) is 0 Å². The monoisotopic (exact) mass is 226 g/mol. The zero-order chi connectivity index (χ0) is 12.1. The number of aliphatic hydroxyl groups excluding tert-OH is 1. The lowest BCUT2D eigenvalue weighted by molar-refractivity contribution is 0.138. The van der Waals surface area contributed by atoms with Crippen LogP contribution in [-0.4, -0.2) is 12.2 Å². The van der Waals surface area contributed by atoms with Crippen LogP contribution in [0.4, 0.5) is 4.39 Å². The molecule has 16 heavy (non-hydrogen) atoms. The van der Waals surface area contributed by atoms with E-state index in [1.807, 2.05) is 6.92 Å². The van der Waals surface area contributed by atoms with E-state index in [1.165, 1.54) is 13.2 Å². The van der Waals surface area contributed by atoms with Crippen LogP contribution in [0.5, 0.6) is 5.75 Å². The van der Waals surface area contributed by atoms with Crippen LogP contribution in [0.2, 0.25) is 0 Å². The van der Waals surface area contributed by atoms with Crippen LogP contribution in [0.3, 0.4) is 0 Å². The molecular weight excluding hydrogens is 207 g/mol. The predicted octanol–water partition coefficient (Wildman–Crippen LogP) is 3.30. The molecule has 0 aliphatic carbocycles. The summed E-state index contributed by atoms with van der Waals surface area (Å²) in [7, 11) is 1.48. The predicted molar refractivity (Wildman–Crippen MR) is 62.0 cm³/mol. The summed E-state index contributed by atoms with van der Waals surface area (Å²) in [6, 6.07) is 4.59. The minimum absolute atomic E-state index is 0.269. The maximum absolute atomic E-state index is 13.6. The Bertz CT molecular complexity index is 339. The number of hydrogen-bond donors (Lipinski definition) is 1. The number of ether oxygens (including phenoxy) is 1. The van der Waals surface area contributed by atoms with Crippen LogP contribution in [-0.2, 0) is 0 Å². The summed E-state index contributed by atoms with van der Waals surface area (Å²) >= 11 is 0. The average Bonchev–Trinajstić information content (AvgIpc) is 2.28. The third-order valence-electron chi connectivity index (χ3n) is 2.89. The van der Waals surface area contributed by atoms with Crippen molar-refractivity contribution in [2.24, 2.45) is 5.92 Å². The van der Waals surface area contributed by atoms with Gasteiger partial charge in [0.05, 0.1) is 18.8 Å². The lowest BCUT2D eigenvalue weighted by atomic mass is 9.95. The zero-order valence-corrected chi connectivity index (χ0v) is 10.0. The van der Waals surface area contributed by atoms with Crippen LogP contribution in [0.1, 0.15) is 38.4 Å². The second kappa shape index (κ2) is 5.85. The van der Waals surface area contributed by atoms with Gasteiger partial charge in [0, 0.05) is 0 Å². The van der Waals surface area contributed by atoms with Crippen LogP contribution < -0.4 is 4.74 Å². The highest BCUT2D eigenvalue weighted by molar-refractivity contribution is 5.36. The van der Waals surface area contributed by atoms with E-state index in [2.05, 4.69) is 6.92 Å². The summed E-state index contributed by atoms with van der Waals surface area (Å²) < 4.78 is 18.7. The second-order valence-corrected chi connectivity index (χ2v) is 4.12. The molecule has 1 rings (SSSR count). The van der Waals surface area contributed by atoms with Crippen molar-refractivity contribution in [2.45, 2.75) is 32.8 Å². The number of aliphatic hydroxyl groups is 1. The molecule has 1 aromatic rings. The molecule has 3 heteroatoms. The Hall–Kier alpha value is -1.09. The molecule has 0 radical (unpaired) electrons. The minimum Gasteiger partial charge on any atom is -0.496 e. The molecule has 0 saturated carbocycles. The van der Waals surface area contributed by atoms with Crippen LogP contribution >= 0.6 is 0 Å². The van der Waals surface area contributed by atoms with E-state index in [4.69, 9.17) is 4.74 Å². The van der Waals surface area contributed by atoms with Gasteiger partial charge in [-0.2, -0.15) is 0 Å². The van der Waals surface area contributed by atoms with Gasteiger partial charge in [0.1, 0.15) is 11.6 Å². The molecule has 0 spiro atoms. The van der Waals surface area contributed by atoms with Crippen molar-refractivity contribution in [3.05, 3.63) is 29.6 Å². The molecule has 0 heterocycles. The lowest BCUT2D eigenvalue weighted by Gasteiger charge is -2.18. The molecule has 90 valence electrons. The quantitative estimate of drug-likeness (QED) is 0.834. The van der Waals surface area contributed by atoms with Gasteiger partial charge in [0.15, 0.2) is 0 Å². The molecule has 0 aromatic heterocycles. The van der Waals surface area contributed by atoms with Gasteiger partial charge in [-0.05, 0) is 24.5 Å². The summed E-state index contributed by atoms with van der Waals surface area (Å²) in [6.07, 6.45) is 0.716. The molecule has 0 fully saturated rings. The smallest absolute Gasteiger partial charge is 0.132 e. The fraction of sp³-hybridized carbons (Fsp3) is 0.538. The molecule has 0 aliphatic rings. The Morgan fingerprint density at radius 2 is 2.12 bits per heavy atom. The molecule has 0 saturated heterocycles. The van der Waals surface area contributed by atoms with Gasteiger partial charge < -0.3 is 9.84 Å². The van der Waals surface area contributed by atoms with Crippen LogP contribution in [0, 0.1) is 11.7 Å².